The summed E-state index contributed by atoms with van der Waals surface area (Å²) < 4.78 is 21.7. The van der Waals surface area contributed by atoms with Gasteiger partial charge in [-0.15, -0.1) is 0 Å². The maximum Gasteiger partial charge on any atom is 0.305 e. The van der Waals surface area contributed by atoms with Crippen molar-refractivity contribution in [2.75, 3.05) is 13.7 Å². The molecule has 0 aliphatic carbocycles. The van der Waals surface area contributed by atoms with Crippen LogP contribution in [-0.4, -0.2) is 65.7 Å². The predicted molar refractivity (Wildman–Crippen MR) is 111 cm³/mol. The van der Waals surface area contributed by atoms with E-state index in [4.69, 9.17) is 18.9 Å². The van der Waals surface area contributed by atoms with E-state index in [1.165, 1.54) is 0 Å². The molecular formula is C23H28O8. The van der Waals surface area contributed by atoms with Crippen LogP contribution in [0.3, 0.4) is 0 Å². The van der Waals surface area contributed by atoms with Crippen molar-refractivity contribution in [1.29, 1.82) is 0 Å². The quantitative estimate of drug-likeness (QED) is 0.537. The van der Waals surface area contributed by atoms with Gasteiger partial charge in [0.25, 0.3) is 0 Å². The number of rotatable bonds is 8. The molecule has 1 heterocycles. The molecule has 8 nitrogen and oxygen atoms in total. The van der Waals surface area contributed by atoms with Gasteiger partial charge in [0.15, 0.2) is 0 Å². The average Bonchev–Trinajstić information content (AvgIpc) is 2.80. The Morgan fingerprint density at radius 2 is 1.71 bits per heavy atom. The highest BCUT2D eigenvalue weighted by Crippen LogP contribution is 2.28. The second-order valence-electron chi connectivity index (χ2n) is 7.30. The fraction of sp³-hybridized carbons (Fsp3) is 0.435. The minimum Gasteiger partial charge on any atom is -0.497 e. The van der Waals surface area contributed by atoms with Crippen LogP contribution in [0.1, 0.15) is 24.5 Å². The second-order valence-corrected chi connectivity index (χ2v) is 7.30. The number of aliphatic hydroxyl groups excluding tert-OH is 3. The smallest absolute Gasteiger partial charge is 0.305 e. The van der Waals surface area contributed by atoms with Crippen LogP contribution >= 0.6 is 0 Å². The first-order valence-corrected chi connectivity index (χ1v) is 10.2. The summed E-state index contributed by atoms with van der Waals surface area (Å²) >= 11 is 0. The second kappa shape index (κ2) is 10.6. The van der Waals surface area contributed by atoms with Crippen molar-refractivity contribution < 1.29 is 39.1 Å². The van der Waals surface area contributed by atoms with Gasteiger partial charge in [-0.05, 0) is 29.3 Å². The van der Waals surface area contributed by atoms with Gasteiger partial charge in [0.1, 0.15) is 42.5 Å². The molecule has 0 aromatic heterocycles. The zero-order valence-corrected chi connectivity index (χ0v) is 17.5. The van der Waals surface area contributed by atoms with Gasteiger partial charge in [-0.25, -0.2) is 0 Å². The van der Waals surface area contributed by atoms with Crippen LogP contribution in [0.2, 0.25) is 0 Å². The highest BCUT2D eigenvalue weighted by Gasteiger charge is 2.45. The van der Waals surface area contributed by atoms with Crippen molar-refractivity contribution in [3.05, 3.63) is 59.7 Å². The maximum absolute atomic E-state index is 11.4. The van der Waals surface area contributed by atoms with Crippen molar-refractivity contribution in [2.24, 2.45) is 0 Å². The summed E-state index contributed by atoms with van der Waals surface area (Å²) in [5.74, 6) is 0.767. The molecule has 3 rings (SSSR count). The van der Waals surface area contributed by atoms with Gasteiger partial charge in [0.2, 0.25) is 6.29 Å². The van der Waals surface area contributed by atoms with Gasteiger partial charge in [0.05, 0.1) is 7.11 Å². The molecular weight excluding hydrogens is 404 g/mol. The van der Waals surface area contributed by atoms with Crippen LogP contribution in [0.4, 0.5) is 0 Å². The predicted octanol–water partition coefficient (Wildman–Crippen LogP) is 1.43. The summed E-state index contributed by atoms with van der Waals surface area (Å²) in [5.41, 5.74) is 1.87. The third-order valence-electron chi connectivity index (χ3n) is 5.14. The molecule has 1 aliphatic rings. The Hall–Kier alpha value is -2.65. The van der Waals surface area contributed by atoms with Gasteiger partial charge in [-0.1, -0.05) is 37.3 Å². The van der Waals surface area contributed by atoms with Gasteiger partial charge in [-0.2, -0.15) is 0 Å². The number of methoxy groups -OCH3 is 1. The molecule has 2 aromatic rings. The number of carbonyl (C=O) groups is 1. The summed E-state index contributed by atoms with van der Waals surface area (Å²) in [6.07, 6.45) is -5.97. The Morgan fingerprint density at radius 3 is 2.39 bits per heavy atom. The van der Waals surface area contributed by atoms with Crippen molar-refractivity contribution in [1.82, 2.24) is 0 Å². The monoisotopic (exact) mass is 432 g/mol. The molecule has 8 heteroatoms. The number of benzene rings is 2. The van der Waals surface area contributed by atoms with Crippen LogP contribution in [-0.2, 0) is 20.7 Å². The van der Waals surface area contributed by atoms with Crippen molar-refractivity contribution in [2.45, 2.75) is 50.5 Å². The van der Waals surface area contributed by atoms with Gasteiger partial charge >= 0.3 is 5.97 Å². The van der Waals surface area contributed by atoms with E-state index in [9.17, 15) is 20.1 Å². The molecule has 0 spiro atoms. The zero-order chi connectivity index (χ0) is 22.4. The molecule has 31 heavy (non-hydrogen) atoms. The topological polar surface area (TPSA) is 115 Å². The number of carbonyl (C=O) groups excluding carboxylic acids is 1. The van der Waals surface area contributed by atoms with E-state index >= 15 is 0 Å². The summed E-state index contributed by atoms with van der Waals surface area (Å²) in [6, 6.07) is 14.9. The number of esters is 1. The molecule has 0 saturated carbocycles. The standard InChI is InChI=1S/C23H28O8/c1-3-19(24)29-13-18-20(25)21(26)22(27)23(31-18)30-17-7-5-4-6-15(17)12-14-8-10-16(28-2)11-9-14/h4-11,18,20-23,25-27H,3,12-13H2,1-2H3/t18-,20-,21+,22-,23-/m1/s1. The lowest BCUT2D eigenvalue weighted by atomic mass is 9.99. The lowest BCUT2D eigenvalue weighted by molar-refractivity contribution is -0.278. The fourth-order valence-corrected chi connectivity index (χ4v) is 3.28. The third kappa shape index (κ3) is 5.74. The summed E-state index contributed by atoms with van der Waals surface area (Å²) in [7, 11) is 1.61. The van der Waals surface area contributed by atoms with Gasteiger partial charge < -0.3 is 34.3 Å². The van der Waals surface area contributed by atoms with E-state index in [2.05, 4.69) is 0 Å². The highest BCUT2D eigenvalue weighted by molar-refractivity contribution is 5.68. The van der Waals surface area contributed by atoms with E-state index in [1.807, 2.05) is 36.4 Å². The lowest BCUT2D eigenvalue weighted by Crippen LogP contribution is -2.60. The minimum atomic E-state index is -1.52. The van der Waals surface area contributed by atoms with E-state index in [0.717, 1.165) is 16.9 Å². The Morgan fingerprint density at radius 1 is 1.00 bits per heavy atom. The number of hydrogen-bond acceptors (Lipinski definition) is 8. The Balaban J connectivity index is 1.73. The first-order chi connectivity index (χ1) is 14.9. The number of para-hydroxylation sites is 1. The molecule has 1 aliphatic heterocycles. The Kier molecular flexibility index (Phi) is 7.86. The summed E-state index contributed by atoms with van der Waals surface area (Å²) in [6.45, 7) is 1.38. The molecule has 5 atom stereocenters. The largest absolute Gasteiger partial charge is 0.497 e. The first-order valence-electron chi connectivity index (χ1n) is 10.2. The summed E-state index contributed by atoms with van der Waals surface area (Å²) in [5, 5.41) is 30.8. The zero-order valence-electron chi connectivity index (χ0n) is 17.5. The first kappa shape index (κ1) is 23.0. The molecule has 0 radical (unpaired) electrons. The van der Waals surface area contributed by atoms with Gasteiger partial charge in [0, 0.05) is 12.8 Å². The van der Waals surface area contributed by atoms with E-state index in [0.29, 0.717) is 12.2 Å². The minimum absolute atomic E-state index is 0.173. The molecule has 168 valence electrons. The maximum atomic E-state index is 11.4. The Bertz CT molecular complexity index is 853. The van der Waals surface area contributed by atoms with Crippen molar-refractivity contribution >= 4 is 5.97 Å². The van der Waals surface area contributed by atoms with Crippen LogP contribution in [0.5, 0.6) is 11.5 Å². The highest BCUT2D eigenvalue weighted by atomic mass is 16.7. The van der Waals surface area contributed by atoms with Crippen LogP contribution in [0.25, 0.3) is 0 Å². The average molecular weight is 432 g/mol. The molecule has 1 fully saturated rings. The fourth-order valence-electron chi connectivity index (χ4n) is 3.28. The lowest BCUT2D eigenvalue weighted by Gasteiger charge is -2.40. The Labute approximate surface area is 180 Å². The van der Waals surface area contributed by atoms with Crippen LogP contribution < -0.4 is 9.47 Å². The molecule has 1 saturated heterocycles. The molecule has 2 aromatic carbocycles. The van der Waals surface area contributed by atoms with Crippen molar-refractivity contribution in [3.63, 3.8) is 0 Å². The summed E-state index contributed by atoms with van der Waals surface area (Å²) in [4.78, 5) is 11.4. The van der Waals surface area contributed by atoms with Crippen LogP contribution in [0.15, 0.2) is 48.5 Å². The van der Waals surface area contributed by atoms with E-state index in [-0.39, 0.29) is 13.0 Å². The molecule has 0 bridgehead atoms. The molecule has 0 unspecified atom stereocenters. The van der Waals surface area contributed by atoms with E-state index < -0.39 is 36.7 Å². The third-order valence-corrected chi connectivity index (χ3v) is 5.14. The van der Waals surface area contributed by atoms with Gasteiger partial charge in [-0.3, -0.25) is 4.79 Å². The molecule has 0 amide bonds. The van der Waals surface area contributed by atoms with Crippen molar-refractivity contribution in [3.8, 4) is 11.5 Å². The normalized spacial score (nSPS) is 25.6. The van der Waals surface area contributed by atoms with Crippen LogP contribution in [0, 0.1) is 0 Å². The number of hydrogen-bond donors (Lipinski definition) is 3. The SMILES string of the molecule is CCC(=O)OC[C@H]1O[C@@H](Oc2ccccc2Cc2ccc(OC)cc2)[C@H](O)[C@@H](O)[C@@H]1O. The number of ether oxygens (including phenoxy) is 4. The number of aliphatic hydroxyl groups is 3. The van der Waals surface area contributed by atoms with E-state index in [1.54, 1.807) is 26.2 Å². The molecule has 3 N–H and O–H groups in total.